The van der Waals surface area contributed by atoms with Crippen molar-refractivity contribution in [3.63, 3.8) is 0 Å². The molecule has 4 heteroatoms. The van der Waals surface area contributed by atoms with Crippen LogP contribution >= 0.6 is 0 Å². The van der Waals surface area contributed by atoms with Crippen LogP contribution in [0.1, 0.15) is 39.2 Å². The smallest absolute Gasteiger partial charge is 0.410 e. The summed E-state index contributed by atoms with van der Waals surface area (Å²) in [5.74, 6) is 0.618. The molecule has 120 valence electrons. The van der Waals surface area contributed by atoms with Crippen molar-refractivity contribution in [2.45, 2.75) is 46.3 Å². The van der Waals surface area contributed by atoms with E-state index in [0.29, 0.717) is 12.5 Å². The zero-order valence-corrected chi connectivity index (χ0v) is 13.6. The Hall–Kier alpha value is -1.84. The molecule has 3 atom stereocenters. The summed E-state index contributed by atoms with van der Waals surface area (Å²) in [5, 5.41) is 0. The lowest BCUT2D eigenvalue weighted by molar-refractivity contribution is -0.121. The Morgan fingerprint density at radius 3 is 2.55 bits per heavy atom. The molecule has 0 radical (unpaired) electrons. The van der Waals surface area contributed by atoms with Gasteiger partial charge in [0.2, 0.25) is 0 Å². The van der Waals surface area contributed by atoms with Crippen LogP contribution in [-0.2, 0) is 16.1 Å². The van der Waals surface area contributed by atoms with Gasteiger partial charge in [-0.25, -0.2) is 4.79 Å². The van der Waals surface area contributed by atoms with Crippen molar-refractivity contribution in [3.05, 3.63) is 35.9 Å². The van der Waals surface area contributed by atoms with Gasteiger partial charge in [-0.2, -0.15) is 0 Å². The summed E-state index contributed by atoms with van der Waals surface area (Å²) in [6.45, 7) is 6.62. The molecule has 2 rings (SSSR count). The standard InChI is InChI=1S/C18H25NO3/c1-4-8-16-11-19(17(13(16)2)14(3)20)18(21)22-12-15-9-6-5-7-10-15/h5-7,9-10,13,16-17H,4,8,11-12H2,1-3H3/t13-,16-,17-/m0/s1. The molecule has 1 heterocycles. The molecule has 1 aliphatic heterocycles. The van der Waals surface area contributed by atoms with Crippen LogP contribution in [0.4, 0.5) is 4.79 Å². The number of hydrogen-bond acceptors (Lipinski definition) is 3. The predicted molar refractivity (Wildman–Crippen MR) is 85.4 cm³/mol. The number of likely N-dealkylation sites (tertiary alicyclic amines) is 1. The van der Waals surface area contributed by atoms with Gasteiger partial charge in [0.05, 0.1) is 6.04 Å². The van der Waals surface area contributed by atoms with Crippen molar-refractivity contribution in [1.82, 2.24) is 4.90 Å². The van der Waals surface area contributed by atoms with Crippen LogP contribution < -0.4 is 0 Å². The van der Waals surface area contributed by atoms with Crippen LogP contribution in [-0.4, -0.2) is 29.4 Å². The van der Waals surface area contributed by atoms with E-state index in [2.05, 4.69) is 13.8 Å². The van der Waals surface area contributed by atoms with Crippen molar-refractivity contribution in [2.24, 2.45) is 11.8 Å². The molecule has 4 nitrogen and oxygen atoms in total. The summed E-state index contributed by atoms with van der Waals surface area (Å²) in [5.41, 5.74) is 0.951. The number of Topliss-reactive ketones (excluding diaryl/α,β-unsaturated/α-hetero) is 1. The highest BCUT2D eigenvalue weighted by atomic mass is 16.6. The van der Waals surface area contributed by atoms with E-state index in [-0.39, 0.29) is 30.4 Å². The number of nitrogens with zero attached hydrogens (tertiary/aromatic N) is 1. The van der Waals surface area contributed by atoms with E-state index < -0.39 is 0 Å². The zero-order chi connectivity index (χ0) is 16.1. The quantitative estimate of drug-likeness (QED) is 0.834. The van der Waals surface area contributed by atoms with Crippen molar-refractivity contribution in [2.75, 3.05) is 6.54 Å². The summed E-state index contributed by atoms with van der Waals surface area (Å²) in [7, 11) is 0. The summed E-state index contributed by atoms with van der Waals surface area (Å²) in [6, 6.07) is 9.24. The number of benzene rings is 1. The molecule has 0 saturated carbocycles. The van der Waals surface area contributed by atoms with Gasteiger partial charge in [0, 0.05) is 6.54 Å². The first-order valence-corrected chi connectivity index (χ1v) is 8.02. The third kappa shape index (κ3) is 3.67. The predicted octanol–water partition coefficient (Wildman–Crippen LogP) is 3.65. The van der Waals surface area contributed by atoms with E-state index in [1.807, 2.05) is 30.3 Å². The second-order valence-corrected chi connectivity index (χ2v) is 6.16. The molecule has 1 saturated heterocycles. The number of rotatable bonds is 5. The average Bonchev–Trinajstić information content (AvgIpc) is 2.83. The molecule has 22 heavy (non-hydrogen) atoms. The number of amides is 1. The maximum atomic E-state index is 12.4. The average molecular weight is 303 g/mol. The normalized spacial score (nSPS) is 24.3. The Kier molecular flexibility index (Phi) is 5.58. The molecule has 1 fully saturated rings. The molecule has 0 N–H and O–H groups in total. The number of hydrogen-bond donors (Lipinski definition) is 0. The van der Waals surface area contributed by atoms with E-state index >= 15 is 0 Å². The van der Waals surface area contributed by atoms with Crippen LogP contribution in [0.5, 0.6) is 0 Å². The first-order chi connectivity index (χ1) is 10.5. The lowest BCUT2D eigenvalue weighted by Crippen LogP contribution is -2.42. The van der Waals surface area contributed by atoms with Gasteiger partial charge in [-0.15, -0.1) is 0 Å². The zero-order valence-electron chi connectivity index (χ0n) is 13.6. The van der Waals surface area contributed by atoms with Crippen LogP contribution in [0.15, 0.2) is 30.3 Å². The van der Waals surface area contributed by atoms with Crippen LogP contribution in [0, 0.1) is 11.8 Å². The van der Waals surface area contributed by atoms with Gasteiger partial charge in [0.15, 0.2) is 5.78 Å². The van der Waals surface area contributed by atoms with Gasteiger partial charge < -0.3 is 4.74 Å². The minimum absolute atomic E-state index is 0.0442. The highest BCUT2D eigenvalue weighted by Crippen LogP contribution is 2.33. The second kappa shape index (κ2) is 7.43. The maximum Gasteiger partial charge on any atom is 0.410 e. The SMILES string of the molecule is CCC[C@H]1CN(C(=O)OCc2ccccc2)[C@H](C(C)=O)[C@H]1C. The fraction of sp³-hybridized carbons (Fsp3) is 0.556. The topological polar surface area (TPSA) is 46.6 Å². The van der Waals surface area contributed by atoms with E-state index in [4.69, 9.17) is 4.74 Å². The minimum Gasteiger partial charge on any atom is -0.445 e. The van der Waals surface area contributed by atoms with Gasteiger partial charge >= 0.3 is 6.09 Å². The van der Waals surface area contributed by atoms with Crippen molar-refractivity contribution < 1.29 is 14.3 Å². The molecule has 1 aliphatic rings. The van der Waals surface area contributed by atoms with Crippen molar-refractivity contribution >= 4 is 11.9 Å². The van der Waals surface area contributed by atoms with E-state index in [0.717, 1.165) is 18.4 Å². The summed E-state index contributed by atoms with van der Waals surface area (Å²) in [4.78, 5) is 25.9. The lowest BCUT2D eigenvalue weighted by atomic mass is 9.88. The molecule has 0 spiro atoms. The maximum absolute atomic E-state index is 12.4. The van der Waals surface area contributed by atoms with Gasteiger partial charge in [0.1, 0.15) is 6.61 Å². The highest BCUT2D eigenvalue weighted by Gasteiger charge is 2.43. The molecular formula is C18H25NO3. The first-order valence-electron chi connectivity index (χ1n) is 8.02. The number of ether oxygens (including phenoxy) is 1. The van der Waals surface area contributed by atoms with Crippen LogP contribution in [0.2, 0.25) is 0 Å². The molecule has 0 bridgehead atoms. The number of carbonyl (C=O) groups excluding carboxylic acids is 2. The Balaban J connectivity index is 2.02. The van der Waals surface area contributed by atoms with Crippen LogP contribution in [0.25, 0.3) is 0 Å². The van der Waals surface area contributed by atoms with Crippen molar-refractivity contribution in [3.8, 4) is 0 Å². The molecule has 1 aromatic rings. The summed E-state index contributed by atoms with van der Waals surface area (Å²) < 4.78 is 5.40. The molecular weight excluding hydrogens is 278 g/mol. The van der Waals surface area contributed by atoms with Crippen molar-refractivity contribution in [1.29, 1.82) is 0 Å². The number of carbonyl (C=O) groups is 2. The Bertz CT molecular complexity index is 514. The molecule has 0 unspecified atom stereocenters. The van der Waals surface area contributed by atoms with E-state index in [1.54, 1.807) is 11.8 Å². The number of ketones is 1. The molecule has 0 aromatic heterocycles. The van der Waals surface area contributed by atoms with E-state index in [1.165, 1.54) is 0 Å². The third-order valence-corrected chi connectivity index (χ3v) is 4.52. The molecule has 0 aliphatic carbocycles. The third-order valence-electron chi connectivity index (χ3n) is 4.52. The highest BCUT2D eigenvalue weighted by molar-refractivity contribution is 5.86. The Morgan fingerprint density at radius 1 is 1.27 bits per heavy atom. The Morgan fingerprint density at radius 2 is 1.95 bits per heavy atom. The second-order valence-electron chi connectivity index (χ2n) is 6.16. The largest absolute Gasteiger partial charge is 0.445 e. The first kappa shape index (κ1) is 16.5. The van der Waals surface area contributed by atoms with Gasteiger partial charge in [-0.1, -0.05) is 50.6 Å². The van der Waals surface area contributed by atoms with Gasteiger partial charge in [0.25, 0.3) is 0 Å². The minimum atomic E-state index is -0.380. The fourth-order valence-corrected chi connectivity index (χ4v) is 3.38. The summed E-state index contributed by atoms with van der Waals surface area (Å²) in [6.07, 6.45) is 1.72. The Labute approximate surface area is 132 Å². The molecule has 1 aromatic carbocycles. The molecule has 1 amide bonds. The van der Waals surface area contributed by atoms with Gasteiger partial charge in [-0.05, 0) is 30.7 Å². The van der Waals surface area contributed by atoms with Crippen LogP contribution in [0.3, 0.4) is 0 Å². The fourth-order valence-electron chi connectivity index (χ4n) is 3.38. The summed E-state index contributed by atoms with van der Waals surface area (Å²) >= 11 is 0. The van der Waals surface area contributed by atoms with Gasteiger partial charge in [-0.3, -0.25) is 9.69 Å². The lowest BCUT2D eigenvalue weighted by Gasteiger charge is -2.24. The van der Waals surface area contributed by atoms with E-state index in [9.17, 15) is 9.59 Å². The monoisotopic (exact) mass is 303 g/mol.